The van der Waals surface area contributed by atoms with Gasteiger partial charge in [0.05, 0.1) is 4.90 Å². The number of aliphatic carboxylic acids is 1. The highest BCUT2D eigenvalue weighted by atomic mass is 32.2. The Morgan fingerprint density at radius 3 is 2.41 bits per heavy atom. The number of carbonyl (C=O) groups is 3. The fraction of sp³-hybridized carbons (Fsp3) is 0.500. The number of sulfonamides is 1. The Morgan fingerprint density at radius 1 is 1.05 bits per heavy atom. The third kappa shape index (κ3) is 7.21. The molecule has 0 unspecified atom stereocenters. The minimum atomic E-state index is -3.91. The Morgan fingerprint density at radius 2 is 1.77 bits per heavy atom. The molecule has 2 saturated heterocycles. The number of carboxylic acids is 1. The van der Waals surface area contributed by atoms with Crippen LogP contribution in [0.3, 0.4) is 0 Å². The van der Waals surface area contributed by atoms with E-state index in [0.717, 1.165) is 34.8 Å². The van der Waals surface area contributed by atoms with Gasteiger partial charge in [-0.15, -0.1) is 0 Å². The van der Waals surface area contributed by atoms with E-state index in [4.69, 9.17) is 0 Å². The zero-order chi connectivity index (χ0) is 28.0. The van der Waals surface area contributed by atoms with Crippen molar-refractivity contribution in [1.29, 1.82) is 0 Å². The molecule has 2 N–H and O–H groups in total. The van der Waals surface area contributed by atoms with Gasteiger partial charge in [-0.05, 0) is 75.6 Å². The van der Waals surface area contributed by atoms with Crippen LogP contribution in [0.2, 0.25) is 0 Å². The summed E-state index contributed by atoms with van der Waals surface area (Å²) in [5.41, 5.74) is 1.95. The van der Waals surface area contributed by atoms with Crippen LogP contribution in [0, 0.1) is 12.8 Å². The molecule has 0 aliphatic carbocycles. The van der Waals surface area contributed by atoms with E-state index in [2.05, 4.69) is 10.3 Å². The Labute approximate surface area is 229 Å². The van der Waals surface area contributed by atoms with Gasteiger partial charge >= 0.3 is 5.97 Å². The molecule has 1 aromatic heterocycles. The first-order valence-electron chi connectivity index (χ1n) is 13.4. The van der Waals surface area contributed by atoms with E-state index in [1.807, 2.05) is 25.1 Å². The summed E-state index contributed by atoms with van der Waals surface area (Å²) >= 11 is 0. The molecule has 11 heteroatoms. The van der Waals surface area contributed by atoms with Crippen molar-refractivity contribution in [3.8, 4) is 0 Å². The lowest BCUT2D eigenvalue weighted by Gasteiger charge is -2.32. The number of carbonyl (C=O) groups excluding carboxylic acids is 2. The summed E-state index contributed by atoms with van der Waals surface area (Å²) in [7, 11) is -3.91. The molecule has 2 aliphatic rings. The maximum Gasteiger partial charge on any atom is 0.326 e. The molecule has 2 atom stereocenters. The molecule has 4 rings (SSSR count). The fourth-order valence-corrected chi connectivity index (χ4v) is 6.94. The van der Waals surface area contributed by atoms with Crippen LogP contribution in [-0.4, -0.2) is 77.2 Å². The SMILES string of the molecule is Cc1ccc(S(=O)(=O)N2CCC[C@H]2C(=O)N[C@@H](CCC(=O)N2CCC(Cc3ccccn3)CC2)C(=O)O)cc1. The van der Waals surface area contributed by atoms with Crippen LogP contribution >= 0.6 is 0 Å². The minimum Gasteiger partial charge on any atom is -0.480 e. The van der Waals surface area contributed by atoms with Gasteiger partial charge in [-0.1, -0.05) is 23.8 Å². The number of nitrogens with zero attached hydrogens (tertiary/aromatic N) is 3. The van der Waals surface area contributed by atoms with Crippen molar-refractivity contribution in [1.82, 2.24) is 19.5 Å². The molecule has 2 aliphatic heterocycles. The van der Waals surface area contributed by atoms with Crippen molar-refractivity contribution in [3.63, 3.8) is 0 Å². The second-order valence-electron chi connectivity index (χ2n) is 10.4. The monoisotopic (exact) mass is 556 g/mol. The molecule has 0 radical (unpaired) electrons. The Balaban J connectivity index is 1.29. The number of hydrogen-bond acceptors (Lipinski definition) is 6. The van der Waals surface area contributed by atoms with Crippen molar-refractivity contribution in [2.75, 3.05) is 19.6 Å². The van der Waals surface area contributed by atoms with Crippen molar-refractivity contribution >= 4 is 27.8 Å². The molecular weight excluding hydrogens is 520 g/mol. The number of amides is 2. The molecule has 210 valence electrons. The van der Waals surface area contributed by atoms with Gasteiger partial charge in [-0.2, -0.15) is 4.31 Å². The Hall–Kier alpha value is -3.31. The molecule has 39 heavy (non-hydrogen) atoms. The van der Waals surface area contributed by atoms with Crippen molar-refractivity contribution in [3.05, 3.63) is 59.9 Å². The lowest BCUT2D eigenvalue weighted by molar-refractivity contribution is -0.143. The van der Waals surface area contributed by atoms with Crippen molar-refractivity contribution < 1.29 is 27.9 Å². The smallest absolute Gasteiger partial charge is 0.326 e. The summed E-state index contributed by atoms with van der Waals surface area (Å²) in [6.45, 7) is 3.24. The van der Waals surface area contributed by atoms with Crippen LogP contribution in [0.1, 0.15) is 49.8 Å². The van der Waals surface area contributed by atoms with E-state index < -0.39 is 34.0 Å². The number of aromatic nitrogens is 1. The number of rotatable bonds is 10. The highest BCUT2D eigenvalue weighted by Gasteiger charge is 2.40. The first kappa shape index (κ1) is 28.7. The molecule has 2 fully saturated rings. The number of hydrogen-bond donors (Lipinski definition) is 2. The first-order chi connectivity index (χ1) is 18.6. The van der Waals surface area contributed by atoms with Crippen molar-refractivity contribution in [2.24, 2.45) is 5.92 Å². The number of pyridine rings is 1. The topological polar surface area (TPSA) is 137 Å². The lowest BCUT2D eigenvalue weighted by atomic mass is 9.91. The van der Waals surface area contributed by atoms with E-state index in [1.165, 1.54) is 12.1 Å². The fourth-order valence-electron chi connectivity index (χ4n) is 5.29. The number of benzene rings is 1. The minimum absolute atomic E-state index is 0.0157. The highest BCUT2D eigenvalue weighted by molar-refractivity contribution is 7.89. The summed E-state index contributed by atoms with van der Waals surface area (Å²) in [6.07, 6.45) is 5.07. The van der Waals surface area contributed by atoms with Gasteiger partial charge in [-0.25, -0.2) is 13.2 Å². The van der Waals surface area contributed by atoms with Crippen molar-refractivity contribution in [2.45, 2.75) is 68.8 Å². The molecule has 2 aromatic rings. The standard InChI is InChI=1S/C28H36N4O6S/c1-20-7-9-23(10-8-20)39(37,38)32-16-4-6-25(32)27(34)30-24(28(35)36)11-12-26(33)31-17-13-21(14-18-31)19-22-5-2-3-15-29-22/h2-3,5,7-10,15,21,24-25H,4,6,11-14,16-19H2,1H3,(H,30,34)(H,35,36)/t24-,25-/m0/s1. The quantitative estimate of drug-likeness (QED) is 0.458. The average Bonchev–Trinajstić information content (AvgIpc) is 3.43. The summed E-state index contributed by atoms with van der Waals surface area (Å²) < 4.78 is 27.5. The molecule has 1 aromatic carbocycles. The van der Waals surface area contributed by atoms with E-state index in [9.17, 15) is 27.9 Å². The van der Waals surface area contributed by atoms with Gasteiger partial charge in [0.2, 0.25) is 21.8 Å². The second-order valence-corrected chi connectivity index (χ2v) is 12.3. The van der Waals surface area contributed by atoms with Gasteiger partial charge in [0, 0.05) is 37.9 Å². The maximum atomic E-state index is 13.2. The molecular formula is C28H36N4O6S. The number of carboxylic acid groups (broad SMARTS) is 1. The highest BCUT2D eigenvalue weighted by Crippen LogP contribution is 2.27. The summed E-state index contributed by atoms with van der Waals surface area (Å²) in [5, 5.41) is 12.2. The summed E-state index contributed by atoms with van der Waals surface area (Å²) in [6, 6.07) is 9.97. The summed E-state index contributed by atoms with van der Waals surface area (Å²) in [5.74, 6) is -1.61. The van der Waals surface area contributed by atoms with E-state index in [1.54, 1.807) is 23.2 Å². The van der Waals surface area contributed by atoms with E-state index in [0.29, 0.717) is 31.8 Å². The van der Waals surface area contributed by atoms with Crippen LogP contribution in [0.5, 0.6) is 0 Å². The normalized spacial score (nSPS) is 19.5. The Kier molecular flexibility index (Phi) is 9.34. The number of aryl methyl sites for hydroxylation is 1. The number of nitrogens with one attached hydrogen (secondary N) is 1. The van der Waals surface area contributed by atoms with Gasteiger partial charge in [-0.3, -0.25) is 14.6 Å². The Bertz CT molecular complexity index is 1260. The van der Waals surface area contributed by atoms with Gasteiger partial charge in [0.15, 0.2) is 0 Å². The maximum absolute atomic E-state index is 13.2. The van der Waals surface area contributed by atoms with Crippen LogP contribution in [0.4, 0.5) is 0 Å². The second kappa shape index (κ2) is 12.7. The number of piperidine rings is 1. The van der Waals surface area contributed by atoms with Crippen LogP contribution < -0.4 is 5.32 Å². The van der Waals surface area contributed by atoms with Crippen LogP contribution in [0.25, 0.3) is 0 Å². The zero-order valence-corrected chi connectivity index (χ0v) is 23.0. The van der Waals surface area contributed by atoms with Crippen LogP contribution in [-0.2, 0) is 30.8 Å². The molecule has 3 heterocycles. The first-order valence-corrected chi connectivity index (χ1v) is 14.9. The van der Waals surface area contributed by atoms with Gasteiger partial charge in [0.1, 0.15) is 12.1 Å². The van der Waals surface area contributed by atoms with Gasteiger partial charge in [0.25, 0.3) is 0 Å². The average molecular weight is 557 g/mol. The largest absolute Gasteiger partial charge is 0.480 e. The van der Waals surface area contributed by atoms with Gasteiger partial charge < -0.3 is 15.3 Å². The zero-order valence-electron chi connectivity index (χ0n) is 22.2. The molecule has 0 saturated carbocycles. The molecule has 0 bridgehead atoms. The predicted molar refractivity (Wildman–Crippen MR) is 144 cm³/mol. The number of likely N-dealkylation sites (tertiary alicyclic amines) is 1. The third-order valence-electron chi connectivity index (χ3n) is 7.59. The van der Waals surface area contributed by atoms with E-state index >= 15 is 0 Å². The molecule has 2 amide bonds. The summed E-state index contributed by atoms with van der Waals surface area (Å²) in [4.78, 5) is 44.0. The van der Waals surface area contributed by atoms with Crippen LogP contribution in [0.15, 0.2) is 53.6 Å². The molecule has 0 spiro atoms. The van der Waals surface area contributed by atoms with E-state index in [-0.39, 0.29) is 30.2 Å². The lowest BCUT2D eigenvalue weighted by Crippen LogP contribution is -2.51. The predicted octanol–water partition coefficient (Wildman–Crippen LogP) is 2.37. The molecule has 10 nitrogen and oxygen atoms in total. The third-order valence-corrected chi connectivity index (χ3v) is 9.51.